The summed E-state index contributed by atoms with van der Waals surface area (Å²) in [5.74, 6) is -1.14. The van der Waals surface area contributed by atoms with Crippen molar-refractivity contribution in [1.82, 2.24) is 4.98 Å². The monoisotopic (exact) mass is 293 g/mol. The number of carboxylic acid groups (broad SMARTS) is 1. The van der Waals surface area contributed by atoms with Crippen molar-refractivity contribution in [1.29, 1.82) is 0 Å². The summed E-state index contributed by atoms with van der Waals surface area (Å²) >= 11 is 1.58. The zero-order valence-corrected chi connectivity index (χ0v) is 11.3. The van der Waals surface area contributed by atoms with Crippen molar-refractivity contribution < 1.29 is 14.8 Å². The molecule has 2 aromatic heterocycles. The number of aromatic nitrogens is 1. The minimum Gasteiger partial charge on any atom is -0.478 e. The van der Waals surface area contributed by atoms with Crippen molar-refractivity contribution in [2.24, 2.45) is 0 Å². The van der Waals surface area contributed by atoms with Crippen molar-refractivity contribution >= 4 is 28.8 Å². The summed E-state index contributed by atoms with van der Waals surface area (Å²) in [4.78, 5) is 27.1. The van der Waals surface area contributed by atoms with Gasteiger partial charge in [-0.25, -0.2) is 9.78 Å². The van der Waals surface area contributed by atoms with Crippen molar-refractivity contribution in [2.75, 3.05) is 5.32 Å². The van der Waals surface area contributed by atoms with Crippen LogP contribution in [-0.4, -0.2) is 21.0 Å². The summed E-state index contributed by atoms with van der Waals surface area (Å²) in [5.41, 5.74) is -0.563. The Kier molecular flexibility index (Phi) is 3.94. The summed E-state index contributed by atoms with van der Waals surface area (Å²) < 4.78 is 0. The molecule has 0 aliphatic carbocycles. The fourth-order valence-electron chi connectivity index (χ4n) is 1.61. The molecular formula is C12H11N3O4S. The molecule has 0 bridgehead atoms. The van der Waals surface area contributed by atoms with E-state index in [1.165, 1.54) is 0 Å². The van der Waals surface area contributed by atoms with Gasteiger partial charge in [0, 0.05) is 15.8 Å². The predicted octanol–water partition coefficient (Wildman–Crippen LogP) is 2.67. The molecule has 8 heteroatoms. The number of anilines is 1. The number of carbonyl (C=O) groups is 1. The number of nitro groups is 1. The predicted molar refractivity (Wildman–Crippen MR) is 74.2 cm³/mol. The van der Waals surface area contributed by atoms with Crippen LogP contribution in [-0.2, 0) is 6.54 Å². The van der Waals surface area contributed by atoms with Gasteiger partial charge in [-0.2, -0.15) is 0 Å². The van der Waals surface area contributed by atoms with Gasteiger partial charge < -0.3 is 10.4 Å². The van der Waals surface area contributed by atoms with Gasteiger partial charge in [0.2, 0.25) is 0 Å². The largest absolute Gasteiger partial charge is 0.478 e. The number of nitrogens with zero attached hydrogens (tertiary/aromatic N) is 2. The van der Waals surface area contributed by atoms with Gasteiger partial charge >= 0.3 is 5.97 Å². The first kappa shape index (κ1) is 13.9. The van der Waals surface area contributed by atoms with E-state index in [1.807, 2.05) is 19.1 Å². The first-order chi connectivity index (χ1) is 9.47. The Morgan fingerprint density at radius 3 is 2.85 bits per heavy atom. The Balaban J connectivity index is 2.22. The van der Waals surface area contributed by atoms with E-state index in [2.05, 4.69) is 10.3 Å². The van der Waals surface area contributed by atoms with Crippen LogP contribution in [0.5, 0.6) is 0 Å². The standard InChI is InChI=1S/C12H11N3O4S/c1-7-2-3-9(20-7)6-14-11-10(12(16)17)4-8(5-13-11)15(18)19/h2-5H,6H2,1H3,(H,13,14)(H,16,17). The second-order valence-electron chi connectivity index (χ2n) is 4.02. The molecule has 0 atom stereocenters. The summed E-state index contributed by atoms with van der Waals surface area (Å²) in [5, 5.41) is 22.6. The van der Waals surface area contributed by atoms with Gasteiger partial charge in [0.1, 0.15) is 17.6 Å². The van der Waals surface area contributed by atoms with Crippen LogP contribution in [0.4, 0.5) is 11.5 Å². The Labute approximate surface area is 118 Å². The quantitative estimate of drug-likeness (QED) is 0.648. The average molecular weight is 293 g/mol. The molecule has 2 N–H and O–H groups in total. The molecule has 2 aromatic rings. The van der Waals surface area contributed by atoms with Gasteiger partial charge in [-0.1, -0.05) is 0 Å². The fraction of sp³-hybridized carbons (Fsp3) is 0.167. The van der Waals surface area contributed by atoms with Crippen molar-refractivity contribution in [3.8, 4) is 0 Å². The van der Waals surface area contributed by atoms with E-state index in [0.717, 1.165) is 22.0 Å². The summed E-state index contributed by atoms with van der Waals surface area (Å²) in [6.45, 7) is 2.39. The highest BCUT2D eigenvalue weighted by Gasteiger charge is 2.17. The van der Waals surface area contributed by atoms with Crippen LogP contribution in [0, 0.1) is 17.0 Å². The molecule has 0 aromatic carbocycles. The Morgan fingerprint density at radius 2 is 2.30 bits per heavy atom. The van der Waals surface area contributed by atoms with E-state index < -0.39 is 10.9 Å². The lowest BCUT2D eigenvalue weighted by atomic mass is 10.2. The number of pyridine rings is 1. The zero-order chi connectivity index (χ0) is 14.7. The number of rotatable bonds is 5. The smallest absolute Gasteiger partial charge is 0.339 e. The van der Waals surface area contributed by atoms with Gasteiger partial charge in [-0.15, -0.1) is 11.3 Å². The van der Waals surface area contributed by atoms with Crippen LogP contribution in [0.15, 0.2) is 24.4 Å². The maximum atomic E-state index is 11.1. The molecule has 104 valence electrons. The molecule has 0 unspecified atom stereocenters. The number of nitrogens with one attached hydrogen (secondary N) is 1. The molecule has 0 spiro atoms. The van der Waals surface area contributed by atoms with Crippen molar-refractivity contribution in [3.05, 3.63) is 49.8 Å². The highest BCUT2D eigenvalue weighted by atomic mass is 32.1. The third-order valence-electron chi connectivity index (χ3n) is 2.54. The Morgan fingerprint density at radius 1 is 1.55 bits per heavy atom. The number of hydrogen-bond donors (Lipinski definition) is 2. The molecule has 0 radical (unpaired) electrons. The highest BCUT2D eigenvalue weighted by molar-refractivity contribution is 7.11. The highest BCUT2D eigenvalue weighted by Crippen LogP contribution is 2.21. The van der Waals surface area contributed by atoms with Crippen LogP contribution >= 0.6 is 11.3 Å². The van der Waals surface area contributed by atoms with Crippen molar-refractivity contribution in [2.45, 2.75) is 13.5 Å². The minimum atomic E-state index is -1.26. The van der Waals surface area contributed by atoms with Gasteiger partial charge in [-0.05, 0) is 19.1 Å². The second-order valence-corrected chi connectivity index (χ2v) is 5.39. The fourth-order valence-corrected chi connectivity index (χ4v) is 2.44. The molecule has 0 saturated carbocycles. The third-order valence-corrected chi connectivity index (χ3v) is 3.54. The molecule has 7 nitrogen and oxygen atoms in total. The van der Waals surface area contributed by atoms with Crippen LogP contribution in [0.25, 0.3) is 0 Å². The Hall–Kier alpha value is -2.48. The molecule has 2 heterocycles. The first-order valence-corrected chi connectivity index (χ1v) is 6.46. The number of aryl methyl sites for hydroxylation is 1. The number of carboxylic acids is 1. The van der Waals surface area contributed by atoms with Crippen LogP contribution < -0.4 is 5.32 Å². The molecule has 0 aliphatic rings. The lowest BCUT2D eigenvalue weighted by Gasteiger charge is -2.07. The lowest BCUT2D eigenvalue weighted by Crippen LogP contribution is -2.08. The normalized spacial score (nSPS) is 10.2. The molecule has 2 rings (SSSR count). The van der Waals surface area contributed by atoms with Gasteiger partial charge in [0.15, 0.2) is 0 Å². The van der Waals surface area contributed by atoms with Crippen LogP contribution in [0.1, 0.15) is 20.1 Å². The van der Waals surface area contributed by atoms with E-state index in [-0.39, 0.29) is 17.1 Å². The molecule has 20 heavy (non-hydrogen) atoms. The van der Waals surface area contributed by atoms with Gasteiger partial charge in [0.25, 0.3) is 5.69 Å². The first-order valence-electron chi connectivity index (χ1n) is 5.64. The zero-order valence-electron chi connectivity index (χ0n) is 10.5. The summed E-state index contributed by atoms with van der Waals surface area (Å²) in [6, 6.07) is 4.89. The number of hydrogen-bond acceptors (Lipinski definition) is 6. The van der Waals surface area contributed by atoms with Crippen LogP contribution in [0.3, 0.4) is 0 Å². The summed E-state index contributed by atoms with van der Waals surface area (Å²) in [6.07, 6.45) is 1.04. The van der Waals surface area contributed by atoms with E-state index in [1.54, 1.807) is 11.3 Å². The average Bonchev–Trinajstić information content (AvgIpc) is 2.81. The maximum absolute atomic E-state index is 11.1. The van der Waals surface area contributed by atoms with Crippen LogP contribution in [0.2, 0.25) is 0 Å². The third kappa shape index (κ3) is 3.09. The van der Waals surface area contributed by atoms with Gasteiger partial charge in [-0.3, -0.25) is 10.1 Å². The van der Waals surface area contributed by atoms with E-state index in [9.17, 15) is 14.9 Å². The number of aromatic carboxylic acids is 1. The maximum Gasteiger partial charge on any atom is 0.339 e. The molecule has 0 fully saturated rings. The van der Waals surface area contributed by atoms with E-state index in [0.29, 0.717) is 6.54 Å². The van der Waals surface area contributed by atoms with E-state index in [4.69, 9.17) is 5.11 Å². The van der Waals surface area contributed by atoms with Crippen molar-refractivity contribution in [3.63, 3.8) is 0 Å². The Bertz CT molecular complexity index is 668. The van der Waals surface area contributed by atoms with E-state index >= 15 is 0 Å². The second kappa shape index (κ2) is 5.66. The molecule has 0 saturated heterocycles. The topological polar surface area (TPSA) is 105 Å². The summed E-state index contributed by atoms with van der Waals surface area (Å²) in [7, 11) is 0. The molecule has 0 amide bonds. The molecule has 0 aliphatic heterocycles. The van der Waals surface area contributed by atoms with Gasteiger partial charge in [0.05, 0.1) is 11.5 Å². The lowest BCUT2D eigenvalue weighted by molar-refractivity contribution is -0.385. The molecular weight excluding hydrogens is 282 g/mol. The minimum absolute atomic E-state index is 0.120. The SMILES string of the molecule is Cc1ccc(CNc2ncc([N+](=O)[O-])cc2C(=O)O)s1. The number of thiophene rings is 1.